The van der Waals surface area contributed by atoms with E-state index >= 15 is 0 Å². The van der Waals surface area contributed by atoms with Gasteiger partial charge in [-0.15, -0.1) is 0 Å². The van der Waals surface area contributed by atoms with Crippen LogP contribution in [0.15, 0.2) is 29.2 Å². The van der Waals surface area contributed by atoms with Crippen LogP contribution in [0.4, 0.5) is 0 Å². The van der Waals surface area contributed by atoms with Crippen LogP contribution >= 0.6 is 0 Å². The molecule has 0 aliphatic heterocycles. The van der Waals surface area contributed by atoms with E-state index in [0.717, 1.165) is 4.57 Å². The van der Waals surface area contributed by atoms with E-state index in [1.165, 1.54) is 12.3 Å². The standard InChI is InChI=1S/C13H12N2O5/c1-2-20-13(19)9-6-8-4-3-5-14-11(8)15(12(9)18)7-10(16)17/h3-6H,2,7H2,1H3,(H,16,17). The fraction of sp³-hybridized carbons (Fsp3) is 0.231. The Hall–Kier alpha value is -2.70. The average Bonchev–Trinajstić information content (AvgIpc) is 2.41. The zero-order chi connectivity index (χ0) is 14.7. The molecular formula is C13H12N2O5. The topological polar surface area (TPSA) is 98.5 Å². The van der Waals surface area contributed by atoms with Crippen LogP contribution in [0.3, 0.4) is 0 Å². The van der Waals surface area contributed by atoms with Crippen LogP contribution in [-0.4, -0.2) is 33.2 Å². The van der Waals surface area contributed by atoms with Crippen LogP contribution < -0.4 is 5.56 Å². The largest absolute Gasteiger partial charge is 0.480 e. The van der Waals surface area contributed by atoms with Crippen LogP contribution in [0, 0.1) is 0 Å². The summed E-state index contributed by atoms with van der Waals surface area (Å²) in [6.07, 6.45) is 1.45. The van der Waals surface area contributed by atoms with E-state index in [1.807, 2.05) is 0 Å². The van der Waals surface area contributed by atoms with Crippen molar-refractivity contribution in [2.24, 2.45) is 0 Å². The maximum Gasteiger partial charge on any atom is 0.343 e. The fourth-order valence-electron chi connectivity index (χ4n) is 1.84. The lowest BCUT2D eigenvalue weighted by Crippen LogP contribution is -2.30. The molecular weight excluding hydrogens is 264 g/mol. The van der Waals surface area contributed by atoms with Gasteiger partial charge in [0.2, 0.25) is 0 Å². The number of fused-ring (bicyclic) bond motifs is 1. The second-order valence-corrected chi connectivity index (χ2v) is 3.98. The molecule has 2 heterocycles. The maximum atomic E-state index is 12.2. The van der Waals surface area contributed by atoms with Crippen LogP contribution in [0.5, 0.6) is 0 Å². The summed E-state index contributed by atoms with van der Waals surface area (Å²) in [6.45, 7) is 1.18. The van der Waals surface area contributed by atoms with Crippen molar-refractivity contribution in [2.75, 3.05) is 6.61 Å². The molecule has 0 spiro atoms. The SMILES string of the molecule is CCOC(=O)c1cc2cccnc2n(CC(=O)O)c1=O. The van der Waals surface area contributed by atoms with Crippen molar-refractivity contribution in [1.29, 1.82) is 0 Å². The number of pyridine rings is 2. The number of ether oxygens (including phenoxy) is 1. The van der Waals surface area contributed by atoms with Crippen molar-refractivity contribution in [3.63, 3.8) is 0 Å². The Morgan fingerprint density at radius 1 is 1.45 bits per heavy atom. The number of aliphatic carboxylic acids is 1. The highest BCUT2D eigenvalue weighted by molar-refractivity contribution is 5.93. The van der Waals surface area contributed by atoms with E-state index in [9.17, 15) is 14.4 Å². The Morgan fingerprint density at radius 3 is 2.85 bits per heavy atom. The van der Waals surface area contributed by atoms with Gasteiger partial charge in [0, 0.05) is 11.6 Å². The third-order valence-corrected chi connectivity index (χ3v) is 2.64. The first-order chi connectivity index (χ1) is 9.54. The fourth-order valence-corrected chi connectivity index (χ4v) is 1.84. The van der Waals surface area contributed by atoms with Crippen LogP contribution in [-0.2, 0) is 16.1 Å². The highest BCUT2D eigenvalue weighted by atomic mass is 16.5. The number of hydrogen-bond acceptors (Lipinski definition) is 5. The summed E-state index contributed by atoms with van der Waals surface area (Å²) in [6, 6.07) is 4.64. The van der Waals surface area contributed by atoms with Crippen LogP contribution in [0.25, 0.3) is 11.0 Å². The minimum absolute atomic E-state index is 0.127. The molecule has 2 rings (SSSR count). The molecule has 0 unspecified atom stereocenters. The van der Waals surface area contributed by atoms with Gasteiger partial charge in [-0.25, -0.2) is 9.78 Å². The normalized spacial score (nSPS) is 10.4. The molecule has 0 atom stereocenters. The molecule has 0 aliphatic carbocycles. The average molecular weight is 276 g/mol. The number of esters is 1. The summed E-state index contributed by atoms with van der Waals surface area (Å²) in [5.41, 5.74) is -0.710. The second-order valence-electron chi connectivity index (χ2n) is 3.98. The monoisotopic (exact) mass is 276 g/mol. The number of carbonyl (C=O) groups is 2. The minimum atomic E-state index is -1.19. The van der Waals surface area contributed by atoms with Gasteiger partial charge in [0.15, 0.2) is 0 Å². The lowest BCUT2D eigenvalue weighted by molar-refractivity contribution is -0.137. The van der Waals surface area contributed by atoms with Gasteiger partial charge in [-0.2, -0.15) is 0 Å². The van der Waals surface area contributed by atoms with Gasteiger partial charge >= 0.3 is 11.9 Å². The van der Waals surface area contributed by atoms with E-state index in [4.69, 9.17) is 9.84 Å². The molecule has 2 aromatic heterocycles. The smallest absolute Gasteiger partial charge is 0.343 e. The Morgan fingerprint density at radius 2 is 2.20 bits per heavy atom. The molecule has 7 nitrogen and oxygen atoms in total. The number of hydrogen-bond donors (Lipinski definition) is 1. The molecule has 20 heavy (non-hydrogen) atoms. The van der Waals surface area contributed by atoms with Gasteiger partial charge in [-0.05, 0) is 25.1 Å². The van der Waals surface area contributed by atoms with E-state index < -0.39 is 24.0 Å². The number of carbonyl (C=O) groups excluding carboxylic acids is 1. The lowest BCUT2D eigenvalue weighted by atomic mass is 10.2. The van der Waals surface area contributed by atoms with E-state index in [2.05, 4.69) is 4.98 Å². The Balaban J connectivity index is 2.72. The van der Waals surface area contributed by atoms with Crippen LogP contribution in [0.1, 0.15) is 17.3 Å². The highest BCUT2D eigenvalue weighted by Crippen LogP contribution is 2.11. The summed E-state index contributed by atoms with van der Waals surface area (Å²) in [4.78, 5) is 38.8. The third kappa shape index (κ3) is 2.51. The van der Waals surface area contributed by atoms with Crippen molar-refractivity contribution < 1.29 is 19.4 Å². The minimum Gasteiger partial charge on any atom is -0.480 e. The molecule has 0 saturated carbocycles. The molecule has 0 amide bonds. The maximum absolute atomic E-state index is 12.2. The molecule has 7 heteroatoms. The molecule has 0 radical (unpaired) electrons. The summed E-state index contributed by atoms with van der Waals surface area (Å²) < 4.78 is 5.75. The zero-order valence-electron chi connectivity index (χ0n) is 10.7. The Kier molecular flexibility index (Phi) is 3.79. The van der Waals surface area contributed by atoms with Gasteiger partial charge in [0.25, 0.3) is 5.56 Å². The quantitative estimate of drug-likeness (QED) is 0.823. The number of nitrogens with zero attached hydrogens (tertiary/aromatic N) is 2. The summed E-state index contributed by atoms with van der Waals surface area (Å²) in [5.74, 6) is -1.97. The van der Waals surface area contributed by atoms with Gasteiger partial charge < -0.3 is 9.84 Å². The number of aromatic nitrogens is 2. The third-order valence-electron chi connectivity index (χ3n) is 2.64. The molecule has 0 aliphatic rings. The van der Waals surface area contributed by atoms with Crippen molar-refractivity contribution >= 4 is 23.0 Å². The van der Waals surface area contributed by atoms with Crippen molar-refractivity contribution in [3.8, 4) is 0 Å². The predicted octanol–water partition coefficient (Wildman–Crippen LogP) is 0.658. The van der Waals surface area contributed by atoms with Gasteiger partial charge in [0.05, 0.1) is 6.61 Å². The number of rotatable bonds is 4. The number of carboxylic acids is 1. The van der Waals surface area contributed by atoms with Gasteiger partial charge in [0.1, 0.15) is 17.8 Å². The summed E-state index contributed by atoms with van der Waals surface area (Å²) >= 11 is 0. The molecule has 1 N–H and O–H groups in total. The van der Waals surface area contributed by atoms with Crippen molar-refractivity contribution in [2.45, 2.75) is 13.5 Å². The van der Waals surface area contributed by atoms with Gasteiger partial charge in [-0.3, -0.25) is 14.2 Å². The Labute approximate surface area is 113 Å². The van der Waals surface area contributed by atoms with Crippen molar-refractivity contribution in [3.05, 3.63) is 40.3 Å². The molecule has 0 aromatic carbocycles. The first-order valence-electron chi connectivity index (χ1n) is 5.92. The second kappa shape index (κ2) is 5.52. The summed E-state index contributed by atoms with van der Waals surface area (Å²) in [7, 11) is 0. The molecule has 2 aromatic rings. The van der Waals surface area contributed by atoms with Crippen LogP contribution in [0.2, 0.25) is 0 Å². The van der Waals surface area contributed by atoms with Gasteiger partial charge in [-0.1, -0.05) is 0 Å². The first-order valence-corrected chi connectivity index (χ1v) is 5.92. The lowest BCUT2D eigenvalue weighted by Gasteiger charge is -2.09. The zero-order valence-corrected chi connectivity index (χ0v) is 10.7. The van der Waals surface area contributed by atoms with E-state index in [0.29, 0.717) is 5.39 Å². The highest BCUT2D eigenvalue weighted by Gasteiger charge is 2.18. The van der Waals surface area contributed by atoms with E-state index in [1.54, 1.807) is 19.1 Å². The molecule has 104 valence electrons. The van der Waals surface area contributed by atoms with E-state index in [-0.39, 0.29) is 17.8 Å². The van der Waals surface area contributed by atoms with Crippen molar-refractivity contribution in [1.82, 2.24) is 9.55 Å². The molecule has 0 saturated heterocycles. The molecule has 0 fully saturated rings. The number of carboxylic acid groups (broad SMARTS) is 1. The first kappa shape index (κ1) is 13.7. The predicted molar refractivity (Wildman–Crippen MR) is 69.6 cm³/mol. The molecule has 0 bridgehead atoms. The summed E-state index contributed by atoms with van der Waals surface area (Å²) in [5, 5.41) is 9.38. The Bertz CT molecular complexity index is 735.